The monoisotopic (exact) mass is 341 g/mol. The highest BCUT2D eigenvalue weighted by molar-refractivity contribution is 6.30. The lowest BCUT2D eigenvalue weighted by molar-refractivity contribution is -0.214. The Kier molecular flexibility index (Phi) is 5.44. The topological polar surface area (TPSA) is 62.2 Å². The lowest BCUT2D eigenvalue weighted by Crippen LogP contribution is -2.60. The van der Waals surface area contributed by atoms with E-state index in [2.05, 4.69) is 4.90 Å². The van der Waals surface area contributed by atoms with Crippen molar-refractivity contribution in [3.05, 3.63) is 29.3 Å². The quantitative estimate of drug-likeness (QED) is 0.872. The summed E-state index contributed by atoms with van der Waals surface area (Å²) in [6.45, 7) is 3.65. The third-order valence-corrected chi connectivity index (χ3v) is 5.15. The molecule has 0 radical (unpaired) electrons. The Labute approximate surface area is 141 Å². The van der Waals surface area contributed by atoms with Crippen molar-refractivity contribution in [1.29, 1.82) is 0 Å². The smallest absolute Gasteiger partial charge is 0.119 e. The maximum Gasteiger partial charge on any atom is 0.119 e. The average Bonchev–Trinajstić information content (AvgIpc) is 2.56. The number of hydrogen-bond acceptors (Lipinski definition) is 5. The summed E-state index contributed by atoms with van der Waals surface area (Å²) in [5.41, 5.74) is -0.564. The van der Waals surface area contributed by atoms with Crippen LogP contribution < -0.4 is 4.74 Å². The van der Waals surface area contributed by atoms with Crippen LogP contribution in [0.4, 0.5) is 0 Å². The zero-order valence-corrected chi connectivity index (χ0v) is 13.9. The van der Waals surface area contributed by atoms with Crippen LogP contribution in [0.5, 0.6) is 5.75 Å². The Morgan fingerprint density at radius 2 is 1.91 bits per heavy atom. The maximum atomic E-state index is 10.3. The van der Waals surface area contributed by atoms with Gasteiger partial charge in [0.15, 0.2) is 0 Å². The summed E-state index contributed by atoms with van der Waals surface area (Å²) in [5.74, 6) is 0.817. The number of likely N-dealkylation sites (tertiary alicyclic amines) is 1. The lowest BCUT2D eigenvalue weighted by atomic mass is 9.80. The molecular formula is C17H24ClNO4. The predicted molar refractivity (Wildman–Crippen MR) is 87.9 cm³/mol. The number of nitrogens with zero attached hydrogens (tertiary/aromatic N) is 1. The molecule has 1 aromatic carbocycles. The van der Waals surface area contributed by atoms with Crippen LogP contribution in [0.1, 0.15) is 19.3 Å². The van der Waals surface area contributed by atoms with E-state index in [1.165, 1.54) is 0 Å². The molecule has 2 fully saturated rings. The van der Waals surface area contributed by atoms with Gasteiger partial charge in [0, 0.05) is 24.7 Å². The zero-order chi connectivity index (χ0) is 16.3. The minimum atomic E-state index is -0.774. The molecule has 0 aromatic heterocycles. The van der Waals surface area contributed by atoms with Crippen molar-refractivity contribution in [3.8, 4) is 5.75 Å². The summed E-state index contributed by atoms with van der Waals surface area (Å²) in [6, 6.07) is 7.35. The standard InChI is InChI=1S/C17H24ClNO4/c18-13-1-3-14(4-2-13)22-12-10-19-8-6-17(7-9-19)16(21)15(20)5-11-23-17/h1-4,15-16,20-21H,5-12H2/t15-,16-/m0/s1. The molecule has 2 saturated heterocycles. The van der Waals surface area contributed by atoms with Gasteiger partial charge in [-0.25, -0.2) is 0 Å². The van der Waals surface area contributed by atoms with Crippen LogP contribution in [0.15, 0.2) is 24.3 Å². The van der Waals surface area contributed by atoms with Crippen LogP contribution in [-0.2, 0) is 4.74 Å². The third-order valence-electron chi connectivity index (χ3n) is 4.90. The molecule has 3 rings (SSSR count). The fourth-order valence-corrected chi connectivity index (χ4v) is 3.52. The predicted octanol–water partition coefficient (Wildman–Crippen LogP) is 1.70. The fourth-order valence-electron chi connectivity index (χ4n) is 3.40. The van der Waals surface area contributed by atoms with Gasteiger partial charge < -0.3 is 19.7 Å². The van der Waals surface area contributed by atoms with E-state index in [1.54, 1.807) is 0 Å². The molecule has 0 saturated carbocycles. The Morgan fingerprint density at radius 1 is 1.22 bits per heavy atom. The first-order chi connectivity index (χ1) is 11.1. The molecule has 0 aliphatic carbocycles. The molecule has 0 unspecified atom stereocenters. The van der Waals surface area contributed by atoms with Crippen LogP contribution in [0, 0.1) is 0 Å². The van der Waals surface area contributed by atoms with Crippen LogP contribution in [-0.4, -0.2) is 65.8 Å². The van der Waals surface area contributed by atoms with Crippen molar-refractivity contribution in [1.82, 2.24) is 4.90 Å². The molecule has 128 valence electrons. The number of benzene rings is 1. The van der Waals surface area contributed by atoms with Gasteiger partial charge in [-0.3, -0.25) is 4.90 Å². The van der Waals surface area contributed by atoms with Crippen molar-refractivity contribution < 1.29 is 19.7 Å². The molecule has 0 amide bonds. The summed E-state index contributed by atoms with van der Waals surface area (Å²) in [5, 5.41) is 20.8. The van der Waals surface area contributed by atoms with E-state index < -0.39 is 17.8 Å². The molecule has 2 aliphatic heterocycles. The van der Waals surface area contributed by atoms with Crippen molar-refractivity contribution >= 4 is 11.6 Å². The molecule has 2 aliphatic rings. The minimum Gasteiger partial charge on any atom is -0.492 e. The number of aliphatic hydroxyl groups is 2. The molecule has 5 nitrogen and oxygen atoms in total. The number of aliphatic hydroxyl groups excluding tert-OH is 2. The zero-order valence-electron chi connectivity index (χ0n) is 13.2. The number of ether oxygens (including phenoxy) is 2. The molecule has 2 atom stereocenters. The molecule has 23 heavy (non-hydrogen) atoms. The summed E-state index contributed by atoms with van der Waals surface area (Å²) in [4.78, 5) is 2.30. The van der Waals surface area contributed by atoms with E-state index >= 15 is 0 Å². The molecule has 0 bridgehead atoms. The van der Waals surface area contributed by atoms with Gasteiger partial charge in [0.25, 0.3) is 0 Å². The minimum absolute atomic E-state index is 0.515. The van der Waals surface area contributed by atoms with Gasteiger partial charge in [0.05, 0.1) is 18.3 Å². The Balaban J connectivity index is 1.43. The summed E-state index contributed by atoms with van der Waals surface area (Å²) >= 11 is 5.85. The first-order valence-corrected chi connectivity index (χ1v) is 8.58. The summed E-state index contributed by atoms with van der Waals surface area (Å²) in [6.07, 6.45) is 0.562. The first-order valence-electron chi connectivity index (χ1n) is 8.20. The third kappa shape index (κ3) is 3.98. The van der Waals surface area contributed by atoms with E-state index in [9.17, 15) is 10.2 Å². The summed E-state index contributed by atoms with van der Waals surface area (Å²) in [7, 11) is 0. The van der Waals surface area contributed by atoms with Crippen LogP contribution in [0.25, 0.3) is 0 Å². The van der Waals surface area contributed by atoms with E-state index in [0.29, 0.717) is 24.7 Å². The second kappa shape index (κ2) is 7.36. The summed E-state index contributed by atoms with van der Waals surface area (Å²) < 4.78 is 11.6. The number of rotatable bonds is 4. The largest absolute Gasteiger partial charge is 0.492 e. The number of halogens is 1. The van der Waals surface area contributed by atoms with Gasteiger partial charge in [0.1, 0.15) is 18.5 Å². The van der Waals surface area contributed by atoms with E-state index in [4.69, 9.17) is 21.1 Å². The highest BCUT2D eigenvalue weighted by Gasteiger charge is 2.47. The van der Waals surface area contributed by atoms with Crippen molar-refractivity contribution in [2.45, 2.75) is 37.1 Å². The van der Waals surface area contributed by atoms with Gasteiger partial charge in [-0.05, 0) is 43.5 Å². The fraction of sp³-hybridized carbons (Fsp3) is 0.647. The molecular weight excluding hydrogens is 318 g/mol. The second-order valence-corrected chi connectivity index (χ2v) is 6.79. The second-order valence-electron chi connectivity index (χ2n) is 6.36. The van der Waals surface area contributed by atoms with Gasteiger partial charge in [-0.15, -0.1) is 0 Å². The van der Waals surface area contributed by atoms with Crippen LogP contribution in [0.2, 0.25) is 5.02 Å². The maximum absolute atomic E-state index is 10.3. The number of hydrogen-bond donors (Lipinski definition) is 2. The van der Waals surface area contributed by atoms with Crippen molar-refractivity contribution in [2.75, 3.05) is 32.8 Å². The van der Waals surface area contributed by atoms with Gasteiger partial charge in [0.2, 0.25) is 0 Å². The molecule has 2 N–H and O–H groups in total. The van der Waals surface area contributed by atoms with E-state index in [-0.39, 0.29) is 0 Å². The Hall–Kier alpha value is -0.850. The highest BCUT2D eigenvalue weighted by atomic mass is 35.5. The van der Waals surface area contributed by atoms with Crippen molar-refractivity contribution in [3.63, 3.8) is 0 Å². The highest BCUT2D eigenvalue weighted by Crippen LogP contribution is 2.35. The van der Waals surface area contributed by atoms with Gasteiger partial charge in [-0.1, -0.05) is 11.6 Å². The normalized spacial score (nSPS) is 28.0. The van der Waals surface area contributed by atoms with Crippen molar-refractivity contribution in [2.24, 2.45) is 0 Å². The first kappa shape index (κ1) is 17.0. The Bertz CT molecular complexity index is 502. The van der Waals surface area contributed by atoms with Crippen LogP contribution >= 0.6 is 11.6 Å². The van der Waals surface area contributed by atoms with E-state index in [1.807, 2.05) is 24.3 Å². The van der Waals surface area contributed by atoms with Crippen LogP contribution in [0.3, 0.4) is 0 Å². The molecule has 2 heterocycles. The van der Waals surface area contributed by atoms with Gasteiger partial charge in [-0.2, -0.15) is 0 Å². The molecule has 6 heteroatoms. The average molecular weight is 342 g/mol. The Morgan fingerprint density at radius 3 is 2.61 bits per heavy atom. The lowest BCUT2D eigenvalue weighted by Gasteiger charge is -2.48. The molecule has 1 aromatic rings. The molecule has 1 spiro atoms. The SMILES string of the molecule is O[C@H]1CCOC2(CCN(CCOc3ccc(Cl)cc3)CC2)[C@H]1O. The van der Waals surface area contributed by atoms with E-state index in [0.717, 1.165) is 38.2 Å². The number of piperidine rings is 1. The van der Waals surface area contributed by atoms with Gasteiger partial charge >= 0.3 is 0 Å².